The van der Waals surface area contributed by atoms with Crippen LogP contribution in [0.3, 0.4) is 0 Å². The molecule has 2 aromatic carbocycles. The van der Waals surface area contributed by atoms with E-state index in [9.17, 15) is 27.2 Å². The van der Waals surface area contributed by atoms with Crippen molar-refractivity contribution in [2.75, 3.05) is 10.6 Å². The molecule has 2 amide bonds. The zero-order valence-corrected chi connectivity index (χ0v) is 16.6. The minimum absolute atomic E-state index is 0.0334. The van der Waals surface area contributed by atoms with Gasteiger partial charge in [0.15, 0.2) is 0 Å². The summed E-state index contributed by atoms with van der Waals surface area (Å²) in [6.07, 6.45) is -4.62. The summed E-state index contributed by atoms with van der Waals surface area (Å²) >= 11 is 6.07. The predicted octanol–water partition coefficient (Wildman–Crippen LogP) is 5.71. The maximum absolute atomic E-state index is 13.0. The summed E-state index contributed by atoms with van der Waals surface area (Å²) in [5, 5.41) is 5.15. The van der Waals surface area contributed by atoms with Crippen LogP contribution in [0.5, 0.6) is 0 Å². The summed E-state index contributed by atoms with van der Waals surface area (Å²) in [4.78, 5) is 28.4. The summed E-state index contributed by atoms with van der Waals surface area (Å²) in [6.45, 7) is 1.29. The molecule has 3 rings (SSSR count). The van der Waals surface area contributed by atoms with Gasteiger partial charge >= 0.3 is 6.18 Å². The molecule has 160 valence electrons. The number of nitrogens with one attached hydrogen (secondary N) is 2. The number of hydrogen-bond acceptors (Lipinski definition) is 3. The summed E-state index contributed by atoms with van der Waals surface area (Å²) < 4.78 is 51.2. The van der Waals surface area contributed by atoms with Crippen molar-refractivity contribution in [2.24, 2.45) is 0 Å². The topological polar surface area (TPSA) is 71.1 Å². The van der Waals surface area contributed by atoms with Gasteiger partial charge in [-0.15, -0.1) is 0 Å². The van der Waals surface area contributed by atoms with Crippen LogP contribution in [0.15, 0.2) is 54.6 Å². The molecule has 0 atom stereocenters. The predicted molar refractivity (Wildman–Crippen MR) is 108 cm³/mol. The van der Waals surface area contributed by atoms with Gasteiger partial charge in [-0.3, -0.25) is 9.59 Å². The fourth-order valence-corrected chi connectivity index (χ4v) is 2.87. The molecule has 10 heteroatoms. The Morgan fingerprint density at radius 2 is 1.45 bits per heavy atom. The Bertz CT molecular complexity index is 1150. The number of halogens is 5. The fraction of sp³-hybridized carbons (Fsp3) is 0.0952. The van der Waals surface area contributed by atoms with Crippen molar-refractivity contribution in [3.05, 3.63) is 88.0 Å². The average molecular weight is 452 g/mol. The molecular formula is C21H14ClF4N3O2. The lowest BCUT2D eigenvalue weighted by Crippen LogP contribution is -2.17. The fourth-order valence-electron chi connectivity index (χ4n) is 2.67. The number of rotatable bonds is 4. The number of anilines is 2. The molecule has 0 unspecified atom stereocenters. The molecule has 0 saturated heterocycles. The van der Waals surface area contributed by atoms with Gasteiger partial charge in [-0.25, -0.2) is 9.37 Å². The van der Waals surface area contributed by atoms with Crippen LogP contribution in [-0.2, 0) is 6.18 Å². The van der Waals surface area contributed by atoms with E-state index in [0.717, 1.165) is 6.07 Å². The molecule has 0 aliphatic heterocycles. The van der Waals surface area contributed by atoms with Gasteiger partial charge in [-0.05, 0) is 61.5 Å². The van der Waals surface area contributed by atoms with Crippen LogP contribution in [0.4, 0.5) is 28.9 Å². The van der Waals surface area contributed by atoms with Gasteiger partial charge in [0.2, 0.25) is 0 Å². The highest BCUT2D eigenvalue weighted by molar-refractivity contribution is 6.34. The van der Waals surface area contributed by atoms with Crippen molar-refractivity contribution in [1.29, 1.82) is 0 Å². The van der Waals surface area contributed by atoms with E-state index < -0.39 is 29.5 Å². The first kappa shape index (κ1) is 22.2. The lowest BCUT2D eigenvalue weighted by atomic mass is 10.1. The largest absolute Gasteiger partial charge is 0.433 e. The number of nitrogens with zero attached hydrogens (tertiary/aromatic N) is 1. The Kier molecular flexibility index (Phi) is 6.26. The molecular weight excluding hydrogens is 438 g/mol. The number of benzene rings is 2. The van der Waals surface area contributed by atoms with Gasteiger partial charge in [0, 0.05) is 11.4 Å². The zero-order chi connectivity index (χ0) is 22.8. The number of aryl methyl sites for hydroxylation is 1. The Morgan fingerprint density at radius 1 is 0.871 bits per heavy atom. The standard InChI is InChI=1S/C21H14ClF4N3O2/c1-11-15(7-9-18(27-11)21(24,25)26)19(30)29-14-6-8-17(22)16(10-14)20(31)28-13-4-2-12(23)3-5-13/h2-10H,1H3,(H,28,31)(H,29,30). The van der Waals surface area contributed by atoms with Crippen LogP contribution in [0.25, 0.3) is 0 Å². The van der Waals surface area contributed by atoms with Gasteiger partial charge < -0.3 is 10.6 Å². The van der Waals surface area contributed by atoms with E-state index in [1.54, 1.807) is 0 Å². The summed E-state index contributed by atoms with van der Waals surface area (Å²) in [7, 11) is 0. The van der Waals surface area contributed by atoms with Gasteiger partial charge in [-0.1, -0.05) is 11.6 Å². The second-order valence-corrected chi connectivity index (χ2v) is 6.84. The summed E-state index contributed by atoms with van der Waals surface area (Å²) in [5.41, 5.74) is -0.698. The molecule has 1 heterocycles. The second kappa shape index (κ2) is 8.73. The highest BCUT2D eigenvalue weighted by Gasteiger charge is 2.33. The SMILES string of the molecule is Cc1nc(C(F)(F)F)ccc1C(=O)Nc1ccc(Cl)c(C(=O)Nc2ccc(F)cc2)c1. The number of alkyl halides is 3. The zero-order valence-electron chi connectivity index (χ0n) is 15.8. The van der Waals surface area contributed by atoms with E-state index in [1.165, 1.54) is 49.4 Å². The van der Waals surface area contributed by atoms with E-state index in [1.807, 2.05) is 0 Å². The first-order valence-electron chi connectivity index (χ1n) is 8.77. The van der Waals surface area contributed by atoms with Crippen LogP contribution < -0.4 is 10.6 Å². The van der Waals surface area contributed by atoms with Crippen LogP contribution in [-0.4, -0.2) is 16.8 Å². The second-order valence-electron chi connectivity index (χ2n) is 6.44. The highest BCUT2D eigenvalue weighted by Crippen LogP contribution is 2.28. The molecule has 2 N–H and O–H groups in total. The van der Waals surface area contributed by atoms with Crippen molar-refractivity contribution in [3.63, 3.8) is 0 Å². The molecule has 1 aromatic heterocycles. The molecule has 3 aromatic rings. The van der Waals surface area contributed by atoms with Crippen molar-refractivity contribution >= 4 is 34.8 Å². The van der Waals surface area contributed by atoms with Gasteiger partial charge in [-0.2, -0.15) is 13.2 Å². The minimum Gasteiger partial charge on any atom is -0.322 e. The third-order valence-electron chi connectivity index (χ3n) is 4.19. The molecule has 0 radical (unpaired) electrons. The van der Waals surface area contributed by atoms with Gasteiger partial charge in [0.1, 0.15) is 11.5 Å². The quantitative estimate of drug-likeness (QED) is 0.499. The highest BCUT2D eigenvalue weighted by atomic mass is 35.5. The number of pyridine rings is 1. The van der Waals surface area contributed by atoms with E-state index >= 15 is 0 Å². The first-order valence-corrected chi connectivity index (χ1v) is 9.15. The normalized spacial score (nSPS) is 11.2. The maximum Gasteiger partial charge on any atom is 0.433 e. The molecule has 0 spiro atoms. The lowest BCUT2D eigenvalue weighted by molar-refractivity contribution is -0.141. The Hall–Kier alpha value is -3.46. The van der Waals surface area contributed by atoms with E-state index in [-0.39, 0.29) is 27.5 Å². The van der Waals surface area contributed by atoms with Gasteiger partial charge in [0.25, 0.3) is 11.8 Å². The van der Waals surface area contributed by atoms with E-state index in [2.05, 4.69) is 15.6 Å². The number of carbonyl (C=O) groups excluding carboxylic acids is 2. The van der Waals surface area contributed by atoms with Crippen molar-refractivity contribution in [2.45, 2.75) is 13.1 Å². The third-order valence-corrected chi connectivity index (χ3v) is 4.52. The van der Waals surface area contributed by atoms with E-state index in [4.69, 9.17) is 11.6 Å². The monoisotopic (exact) mass is 451 g/mol. The molecule has 0 saturated carbocycles. The summed E-state index contributed by atoms with van der Waals surface area (Å²) in [5.74, 6) is -1.76. The Morgan fingerprint density at radius 3 is 2.06 bits per heavy atom. The van der Waals surface area contributed by atoms with Crippen LogP contribution in [0, 0.1) is 12.7 Å². The van der Waals surface area contributed by atoms with Crippen molar-refractivity contribution in [1.82, 2.24) is 4.98 Å². The molecule has 0 fully saturated rings. The molecule has 31 heavy (non-hydrogen) atoms. The van der Waals surface area contributed by atoms with Crippen LogP contribution in [0.2, 0.25) is 5.02 Å². The third kappa shape index (κ3) is 5.37. The Labute approximate surface area is 179 Å². The molecule has 5 nitrogen and oxygen atoms in total. The van der Waals surface area contributed by atoms with E-state index in [0.29, 0.717) is 11.8 Å². The van der Waals surface area contributed by atoms with Gasteiger partial charge in [0.05, 0.1) is 21.8 Å². The molecule has 0 aliphatic carbocycles. The maximum atomic E-state index is 13.0. The average Bonchev–Trinajstić information content (AvgIpc) is 2.70. The van der Waals surface area contributed by atoms with Crippen molar-refractivity contribution in [3.8, 4) is 0 Å². The lowest BCUT2D eigenvalue weighted by Gasteiger charge is -2.12. The Balaban J connectivity index is 1.79. The summed E-state index contributed by atoms with van der Waals surface area (Å²) in [6, 6.07) is 11.0. The molecule has 0 aliphatic rings. The number of hydrogen-bond donors (Lipinski definition) is 2. The first-order chi connectivity index (χ1) is 14.5. The smallest absolute Gasteiger partial charge is 0.322 e. The minimum atomic E-state index is -4.62. The molecule has 0 bridgehead atoms. The number of carbonyl (C=O) groups is 2. The number of amides is 2. The number of aromatic nitrogens is 1. The van der Waals surface area contributed by atoms with Crippen LogP contribution in [0.1, 0.15) is 32.1 Å². The van der Waals surface area contributed by atoms with Crippen molar-refractivity contribution < 1.29 is 27.2 Å². The van der Waals surface area contributed by atoms with Crippen LogP contribution >= 0.6 is 11.6 Å².